The van der Waals surface area contributed by atoms with Crippen LogP contribution in [0.5, 0.6) is 0 Å². The molecule has 1 heterocycles. The number of pyridine rings is 1. The van der Waals surface area contributed by atoms with Gasteiger partial charge in [-0.2, -0.15) is 13.2 Å². The van der Waals surface area contributed by atoms with Crippen molar-refractivity contribution in [3.63, 3.8) is 0 Å². The normalized spacial score (nSPS) is 13.4. The van der Waals surface area contributed by atoms with Gasteiger partial charge in [-0.1, -0.05) is 13.8 Å². The second kappa shape index (κ2) is 6.75. The number of halogens is 3. The number of nitrogens with zero attached hydrogens (tertiary/aromatic N) is 2. The highest BCUT2D eigenvalue weighted by atomic mass is 19.4. The topological polar surface area (TPSA) is 36.4 Å². The van der Waals surface area contributed by atoms with Crippen LogP contribution in [0.1, 0.15) is 38.5 Å². The first-order valence-corrected chi connectivity index (χ1v) is 6.33. The van der Waals surface area contributed by atoms with Crippen molar-refractivity contribution in [3.05, 3.63) is 24.0 Å². The third-order valence-corrected chi connectivity index (χ3v) is 2.73. The van der Waals surface area contributed by atoms with E-state index in [1.807, 2.05) is 13.8 Å². The van der Waals surface area contributed by atoms with Crippen LogP contribution >= 0.6 is 0 Å². The number of hydrogen-bond donors (Lipinski definition) is 1. The second-order valence-electron chi connectivity index (χ2n) is 4.40. The van der Waals surface area contributed by atoms with E-state index in [2.05, 4.69) is 4.98 Å². The van der Waals surface area contributed by atoms with Gasteiger partial charge in [-0.05, 0) is 25.0 Å². The van der Waals surface area contributed by atoms with Crippen molar-refractivity contribution in [2.45, 2.75) is 39.0 Å². The van der Waals surface area contributed by atoms with E-state index in [9.17, 15) is 18.3 Å². The molecule has 1 atom stereocenters. The Labute approximate surface area is 111 Å². The van der Waals surface area contributed by atoms with Gasteiger partial charge in [0.2, 0.25) is 0 Å². The van der Waals surface area contributed by atoms with Crippen molar-refractivity contribution >= 4 is 5.69 Å². The average molecular weight is 276 g/mol. The van der Waals surface area contributed by atoms with Crippen LogP contribution in [0.25, 0.3) is 0 Å². The van der Waals surface area contributed by atoms with E-state index in [1.54, 1.807) is 12.1 Å². The highest BCUT2D eigenvalue weighted by Crippen LogP contribution is 2.23. The summed E-state index contributed by atoms with van der Waals surface area (Å²) in [6.45, 7) is 2.97. The van der Waals surface area contributed by atoms with Crippen LogP contribution in [-0.4, -0.2) is 29.4 Å². The minimum atomic E-state index is -4.24. The number of rotatable bonds is 6. The van der Waals surface area contributed by atoms with Gasteiger partial charge in [0.05, 0.1) is 23.7 Å². The summed E-state index contributed by atoms with van der Waals surface area (Å²) in [5.41, 5.74) is 0.904. The van der Waals surface area contributed by atoms with Gasteiger partial charge >= 0.3 is 6.18 Å². The Morgan fingerprint density at radius 2 is 2.00 bits per heavy atom. The zero-order valence-electron chi connectivity index (χ0n) is 11.1. The molecular formula is C13H19F3N2O. The van der Waals surface area contributed by atoms with E-state index in [-0.39, 0.29) is 0 Å². The zero-order valence-corrected chi connectivity index (χ0v) is 11.1. The summed E-state index contributed by atoms with van der Waals surface area (Å²) in [7, 11) is 0. The fraction of sp³-hybridized carbons (Fsp3) is 0.615. The highest BCUT2D eigenvalue weighted by molar-refractivity contribution is 5.45. The lowest BCUT2D eigenvalue weighted by molar-refractivity contribution is -0.119. The van der Waals surface area contributed by atoms with Gasteiger partial charge < -0.3 is 10.0 Å². The summed E-state index contributed by atoms with van der Waals surface area (Å²) in [5.74, 6) is 0. The molecular weight excluding hydrogens is 257 g/mol. The molecule has 108 valence electrons. The summed E-state index contributed by atoms with van der Waals surface area (Å²) in [5, 5.41) is 9.59. The number of aliphatic hydroxyl groups is 1. The molecule has 1 aromatic rings. The maximum Gasteiger partial charge on any atom is 0.405 e. The molecule has 1 aromatic heterocycles. The molecule has 0 unspecified atom stereocenters. The largest absolute Gasteiger partial charge is 0.405 e. The Bertz CT molecular complexity index is 378. The lowest BCUT2D eigenvalue weighted by Gasteiger charge is -2.25. The third kappa shape index (κ3) is 5.06. The number of aromatic nitrogens is 1. The molecule has 0 amide bonds. The van der Waals surface area contributed by atoms with Gasteiger partial charge in [-0.15, -0.1) is 0 Å². The summed E-state index contributed by atoms with van der Waals surface area (Å²) in [4.78, 5) is 5.27. The van der Waals surface area contributed by atoms with Crippen molar-refractivity contribution in [2.75, 3.05) is 18.0 Å². The standard InChI is InChI=1S/C13H19F3N2O/c1-3-7-18(9-13(14,15)16)10-5-6-11(17-8-10)12(19)4-2/h5-6,8,12,19H,3-4,7,9H2,1-2H3/t12-/m0/s1. The number of aliphatic hydroxyl groups excluding tert-OH is 1. The van der Waals surface area contributed by atoms with Crippen LogP contribution < -0.4 is 4.90 Å². The molecule has 3 nitrogen and oxygen atoms in total. The number of hydrogen-bond acceptors (Lipinski definition) is 3. The molecule has 0 bridgehead atoms. The molecule has 0 saturated heterocycles. The molecule has 0 saturated carbocycles. The smallest absolute Gasteiger partial charge is 0.387 e. The predicted molar refractivity (Wildman–Crippen MR) is 68.0 cm³/mol. The van der Waals surface area contributed by atoms with Gasteiger partial charge in [0.1, 0.15) is 6.54 Å². The molecule has 1 N–H and O–H groups in total. The summed E-state index contributed by atoms with van der Waals surface area (Å²) in [6.07, 6.45) is -2.38. The first-order chi connectivity index (χ1) is 8.87. The molecule has 0 aliphatic carbocycles. The van der Waals surface area contributed by atoms with Crippen LogP contribution in [0.4, 0.5) is 18.9 Å². The molecule has 0 spiro atoms. The molecule has 6 heteroatoms. The Hall–Kier alpha value is -1.30. The predicted octanol–water partition coefficient (Wildman–Crippen LogP) is 3.30. The second-order valence-corrected chi connectivity index (χ2v) is 4.40. The minimum absolute atomic E-state index is 0.316. The third-order valence-electron chi connectivity index (χ3n) is 2.73. The van der Waals surface area contributed by atoms with E-state index in [0.717, 1.165) is 0 Å². The van der Waals surface area contributed by atoms with E-state index in [0.29, 0.717) is 30.8 Å². The van der Waals surface area contributed by atoms with Crippen LogP contribution in [0.15, 0.2) is 18.3 Å². The number of alkyl halides is 3. The van der Waals surface area contributed by atoms with Gasteiger partial charge in [-0.3, -0.25) is 4.98 Å². The molecule has 0 fully saturated rings. The monoisotopic (exact) mass is 276 g/mol. The van der Waals surface area contributed by atoms with Crippen molar-refractivity contribution in [3.8, 4) is 0 Å². The molecule has 1 rings (SSSR count). The Morgan fingerprint density at radius 1 is 1.32 bits per heavy atom. The minimum Gasteiger partial charge on any atom is -0.387 e. The number of anilines is 1. The molecule has 19 heavy (non-hydrogen) atoms. The van der Waals surface area contributed by atoms with Crippen LogP contribution in [-0.2, 0) is 0 Å². The molecule has 0 aliphatic heterocycles. The van der Waals surface area contributed by atoms with Crippen LogP contribution in [0, 0.1) is 0 Å². The van der Waals surface area contributed by atoms with E-state index in [4.69, 9.17) is 0 Å². The Balaban J connectivity index is 2.85. The lowest BCUT2D eigenvalue weighted by atomic mass is 10.2. The summed E-state index contributed by atoms with van der Waals surface area (Å²) in [6, 6.07) is 3.14. The first-order valence-electron chi connectivity index (χ1n) is 6.33. The maximum atomic E-state index is 12.5. The van der Waals surface area contributed by atoms with Crippen LogP contribution in [0.2, 0.25) is 0 Å². The van der Waals surface area contributed by atoms with Crippen molar-refractivity contribution in [1.29, 1.82) is 0 Å². The SMILES string of the molecule is CCCN(CC(F)(F)F)c1ccc([C@@H](O)CC)nc1. The highest BCUT2D eigenvalue weighted by Gasteiger charge is 2.30. The zero-order chi connectivity index (χ0) is 14.5. The molecule has 0 aromatic carbocycles. The molecule has 0 aliphatic rings. The Kier molecular flexibility index (Phi) is 5.60. The van der Waals surface area contributed by atoms with Gasteiger partial charge in [0.15, 0.2) is 0 Å². The van der Waals surface area contributed by atoms with Crippen molar-refractivity contribution in [1.82, 2.24) is 4.98 Å². The van der Waals surface area contributed by atoms with Crippen LogP contribution in [0.3, 0.4) is 0 Å². The average Bonchev–Trinajstić information content (AvgIpc) is 2.36. The van der Waals surface area contributed by atoms with E-state index < -0.39 is 18.8 Å². The fourth-order valence-electron chi connectivity index (χ4n) is 1.78. The van der Waals surface area contributed by atoms with Gasteiger partial charge in [0.25, 0.3) is 0 Å². The summed E-state index contributed by atoms with van der Waals surface area (Å²) >= 11 is 0. The van der Waals surface area contributed by atoms with E-state index in [1.165, 1.54) is 11.1 Å². The molecule has 0 radical (unpaired) electrons. The summed E-state index contributed by atoms with van der Waals surface area (Å²) < 4.78 is 37.4. The van der Waals surface area contributed by atoms with Crippen molar-refractivity contribution < 1.29 is 18.3 Å². The maximum absolute atomic E-state index is 12.5. The first kappa shape index (κ1) is 15.8. The van der Waals surface area contributed by atoms with Gasteiger partial charge in [-0.25, -0.2) is 0 Å². The van der Waals surface area contributed by atoms with Gasteiger partial charge in [0, 0.05) is 6.54 Å². The van der Waals surface area contributed by atoms with Crippen molar-refractivity contribution in [2.24, 2.45) is 0 Å². The quantitative estimate of drug-likeness (QED) is 0.866. The lowest BCUT2D eigenvalue weighted by Crippen LogP contribution is -2.34. The van der Waals surface area contributed by atoms with E-state index >= 15 is 0 Å². The fourth-order valence-corrected chi connectivity index (χ4v) is 1.78. The Morgan fingerprint density at radius 3 is 2.42 bits per heavy atom.